The minimum Gasteiger partial charge on any atom is -0.410 e. The van der Waals surface area contributed by atoms with E-state index in [1.165, 1.54) is 5.06 Å². The Kier molecular flexibility index (Phi) is 5.58. The van der Waals surface area contributed by atoms with Crippen LogP contribution in [0.3, 0.4) is 0 Å². The molecule has 2 aromatic carbocycles. The van der Waals surface area contributed by atoms with Crippen molar-refractivity contribution in [2.24, 2.45) is 0 Å². The van der Waals surface area contributed by atoms with E-state index >= 15 is 0 Å². The molecule has 29 heavy (non-hydrogen) atoms. The van der Waals surface area contributed by atoms with Gasteiger partial charge in [-0.1, -0.05) is 42.5 Å². The SMILES string of the molecule is O=C(N[C@@H]1CCN(OCc2ccccc2)C1=O)Oc1cccc2c1=CC=CNC=2. The quantitative estimate of drug-likeness (QED) is 0.799. The molecule has 0 bridgehead atoms. The lowest BCUT2D eigenvalue weighted by Gasteiger charge is -2.16. The van der Waals surface area contributed by atoms with Crippen LogP contribution in [0, 0.1) is 0 Å². The van der Waals surface area contributed by atoms with E-state index in [1.54, 1.807) is 18.3 Å². The fraction of sp³-hybridized carbons (Fsp3) is 0.182. The molecule has 148 valence electrons. The lowest BCUT2D eigenvalue weighted by molar-refractivity contribution is -0.183. The summed E-state index contributed by atoms with van der Waals surface area (Å²) < 4.78 is 5.47. The van der Waals surface area contributed by atoms with Gasteiger partial charge < -0.3 is 15.4 Å². The van der Waals surface area contributed by atoms with Gasteiger partial charge in [0.1, 0.15) is 18.4 Å². The Morgan fingerprint density at radius 2 is 2.03 bits per heavy atom. The van der Waals surface area contributed by atoms with Crippen molar-refractivity contribution < 1.29 is 19.2 Å². The van der Waals surface area contributed by atoms with Crippen LogP contribution in [-0.2, 0) is 16.2 Å². The van der Waals surface area contributed by atoms with Gasteiger partial charge in [0.25, 0.3) is 5.91 Å². The smallest absolute Gasteiger partial charge is 0.410 e. The topological polar surface area (TPSA) is 79.9 Å². The highest BCUT2D eigenvalue weighted by Gasteiger charge is 2.34. The summed E-state index contributed by atoms with van der Waals surface area (Å²) >= 11 is 0. The highest BCUT2D eigenvalue weighted by atomic mass is 16.7. The third kappa shape index (κ3) is 4.47. The van der Waals surface area contributed by atoms with E-state index in [0.29, 0.717) is 25.3 Å². The lowest BCUT2D eigenvalue weighted by Crippen LogP contribution is -2.43. The molecule has 0 saturated carbocycles. The second-order valence-electron chi connectivity index (χ2n) is 6.67. The molecule has 2 aliphatic heterocycles. The normalized spacial score (nSPS) is 17.4. The van der Waals surface area contributed by atoms with Crippen LogP contribution in [0.5, 0.6) is 5.75 Å². The predicted octanol–water partition coefficient (Wildman–Crippen LogP) is 1.14. The molecule has 2 N–H and O–H groups in total. The van der Waals surface area contributed by atoms with Crippen molar-refractivity contribution in [1.82, 2.24) is 15.7 Å². The van der Waals surface area contributed by atoms with E-state index < -0.39 is 12.1 Å². The summed E-state index contributed by atoms with van der Waals surface area (Å²) in [5.41, 5.74) is 0.970. The number of fused-ring (bicyclic) bond motifs is 1. The first-order valence-corrected chi connectivity index (χ1v) is 9.39. The lowest BCUT2D eigenvalue weighted by atomic mass is 10.2. The van der Waals surface area contributed by atoms with E-state index in [4.69, 9.17) is 9.57 Å². The van der Waals surface area contributed by atoms with Crippen LogP contribution >= 0.6 is 0 Å². The van der Waals surface area contributed by atoms with Crippen LogP contribution in [-0.4, -0.2) is 29.7 Å². The summed E-state index contributed by atoms with van der Waals surface area (Å²) in [5.74, 6) is 0.143. The van der Waals surface area contributed by atoms with E-state index in [1.807, 2.05) is 54.8 Å². The Balaban J connectivity index is 1.36. The number of rotatable bonds is 5. The Morgan fingerprint density at radius 3 is 2.90 bits per heavy atom. The predicted molar refractivity (Wildman–Crippen MR) is 107 cm³/mol. The van der Waals surface area contributed by atoms with Crippen molar-refractivity contribution in [2.75, 3.05) is 6.54 Å². The van der Waals surface area contributed by atoms with E-state index in [9.17, 15) is 9.59 Å². The van der Waals surface area contributed by atoms with Crippen LogP contribution in [0.4, 0.5) is 4.79 Å². The standard InChI is InChI=1S/C22H21N3O4/c26-21-19(11-13-25(21)28-15-16-6-2-1-3-7-16)24-22(27)29-20-10-4-8-17-14-23-12-5-9-18(17)20/h1-10,12,14,19,23H,11,13,15H2,(H,24,27)/t19-/m1/s1. The molecule has 2 heterocycles. The summed E-state index contributed by atoms with van der Waals surface area (Å²) in [4.78, 5) is 30.5. The molecule has 0 aliphatic carbocycles. The molecule has 0 spiro atoms. The van der Waals surface area contributed by atoms with Crippen LogP contribution in [0.15, 0.2) is 60.8 Å². The van der Waals surface area contributed by atoms with Crippen molar-refractivity contribution in [2.45, 2.75) is 19.1 Å². The molecule has 1 atom stereocenters. The average Bonchev–Trinajstić information content (AvgIpc) is 2.93. The van der Waals surface area contributed by atoms with E-state index in [-0.39, 0.29) is 5.91 Å². The number of hydroxylamine groups is 2. The molecule has 7 nitrogen and oxygen atoms in total. The number of nitrogens with one attached hydrogen (secondary N) is 2. The van der Waals surface area contributed by atoms with Crippen molar-refractivity contribution in [1.29, 1.82) is 0 Å². The van der Waals surface area contributed by atoms with Gasteiger partial charge in [-0.25, -0.2) is 9.86 Å². The van der Waals surface area contributed by atoms with Gasteiger partial charge in [-0.05, 0) is 30.2 Å². The number of hydrogen-bond donors (Lipinski definition) is 2. The van der Waals surface area contributed by atoms with Crippen molar-refractivity contribution in [3.8, 4) is 5.75 Å². The summed E-state index contributed by atoms with van der Waals surface area (Å²) in [5, 5.41) is 8.64. The molecule has 1 fully saturated rings. The number of carbonyl (C=O) groups is 2. The summed E-state index contributed by atoms with van der Waals surface area (Å²) in [7, 11) is 0. The highest BCUT2D eigenvalue weighted by molar-refractivity contribution is 5.87. The Labute approximate surface area is 167 Å². The van der Waals surface area contributed by atoms with Crippen molar-refractivity contribution in [3.05, 3.63) is 76.8 Å². The first-order valence-electron chi connectivity index (χ1n) is 9.39. The third-order valence-corrected chi connectivity index (χ3v) is 4.68. The van der Waals surface area contributed by atoms with Gasteiger partial charge in [-0.15, -0.1) is 0 Å². The fourth-order valence-electron chi connectivity index (χ4n) is 3.21. The molecule has 2 amide bonds. The van der Waals surface area contributed by atoms with Crippen LogP contribution in [0.2, 0.25) is 0 Å². The van der Waals surface area contributed by atoms with Crippen LogP contribution < -0.4 is 25.8 Å². The van der Waals surface area contributed by atoms with Gasteiger partial charge in [0.2, 0.25) is 0 Å². The van der Waals surface area contributed by atoms with Crippen LogP contribution in [0.1, 0.15) is 12.0 Å². The number of ether oxygens (including phenoxy) is 1. The second-order valence-corrected chi connectivity index (χ2v) is 6.67. The van der Waals surface area contributed by atoms with Gasteiger partial charge in [0, 0.05) is 22.8 Å². The summed E-state index contributed by atoms with van der Waals surface area (Å²) in [6.07, 6.45) is 7.08. The molecule has 1 saturated heterocycles. The number of carbonyl (C=O) groups excluding carboxylic acids is 2. The van der Waals surface area contributed by atoms with Crippen molar-refractivity contribution >= 4 is 24.3 Å². The molecular formula is C22H21N3O4. The highest BCUT2D eigenvalue weighted by Crippen LogP contribution is 2.14. The molecular weight excluding hydrogens is 370 g/mol. The second kappa shape index (κ2) is 8.62. The minimum atomic E-state index is -0.670. The molecule has 2 aliphatic rings. The molecule has 4 rings (SSSR count). The Bertz CT molecular complexity index is 1050. The third-order valence-electron chi connectivity index (χ3n) is 4.68. The molecule has 0 radical (unpaired) electrons. The molecule has 7 heteroatoms. The monoisotopic (exact) mass is 391 g/mol. The number of benzene rings is 2. The van der Waals surface area contributed by atoms with Gasteiger partial charge in [-0.3, -0.25) is 9.63 Å². The number of allylic oxidation sites excluding steroid dienone is 1. The summed E-state index contributed by atoms with van der Waals surface area (Å²) in [6, 6.07) is 14.4. The maximum absolute atomic E-state index is 12.5. The van der Waals surface area contributed by atoms with Gasteiger partial charge in [-0.2, -0.15) is 0 Å². The maximum atomic E-state index is 12.5. The van der Waals surface area contributed by atoms with Gasteiger partial charge in [0.15, 0.2) is 0 Å². The molecule has 0 aromatic heterocycles. The van der Waals surface area contributed by atoms with E-state index in [0.717, 1.165) is 16.0 Å². The molecule has 0 unspecified atom stereocenters. The zero-order valence-electron chi connectivity index (χ0n) is 15.7. The van der Waals surface area contributed by atoms with Gasteiger partial charge in [0.05, 0.1) is 6.54 Å². The largest absolute Gasteiger partial charge is 0.413 e. The molecule has 2 aromatic rings. The first-order chi connectivity index (χ1) is 14.2. The number of hydrogen-bond acceptors (Lipinski definition) is 5. The Hall–Kier alpha value is -3.58. The zero-order chi connectivity index (χ0) is 20.1. The number of nitrogens with zero attached hydrogens (tertiary/aromatic N) is 1. The van der Waals surface area contributed by atoms with Gasteiger partial charge >= 0.3 is 6.09 Å². The first kappa shape index (κ1) is 18.8. The summed E-state index contributed by atoms with van der Waals surface area (Å²) in [6.45, 7) is 0.713. The van der Waals surface area contributed by atoms with Crippen LogP contribution in [0.25, 0.3) is 12.3 Å². The average molecular weight is 391 g/mol. The minimum absolute atomic E-state index is 0.281. The zero-order valence-corrected chi connectivity index (χ0v) is 15.7. The number of amides is 2. The van der Waals surface area contributed by atoms with Crippen molar-refractivity contribution in [3.63, 3.8) is 0 Å². The Morgan fingerprint density at radius 1 is 1.17 bits per heavy atom. The maximum Gasteiger partial charge on any atom is 0.413 e. The fourth-order valence-corrected chi connectivity index (χ4v) is 3.21. The van der Waals surface area contributed by atoms with E-state index in [2.05, 4.69) is 10.6 Å².